The Labute approximate surface area is 205 Å². The quantitative estimate of drug-likeness (QED) is 0.248. The van der Waals surface area contributed by atoms with E-state index in [-0.39, 0.29) is 11.8 Å². The van der Waals surface area contributed by atoms with Crippen molar-refractivity contribution in [2.75, 3.05) is 4.90 Å². The van der Waals surface area contributed by atoms with Crippen molar-refractivity contribution in [1.29, 1.82) is 0 Å². The summed E-state index contributed by atoms with van der Waals surface area (Å²) in [7, 11) is 0. The molecule has 2 bridgehead atoms. The first-order chi connectivity index (χ1) is 14.8. The van der Waals surface area contributed by atoms with Gasteiger partial charge in [-0.25, -0.2) is 4.90 Å². The van der Waals surface area contributed by atoms with E-state index in [2.05, 4.69) is 31.9 Å². The van der Waals surface area contributed by atoms with E-state index in [0.717, 1.165) is 22.3 Å². The second-order valence-corrected chi connectivity index (χ2v) is 11.4. The smallest absolute Gasteiger partial charge is 0.239 e. The van der Waals surface area contributed by atoms with Gasteiger partial charge in [0.05, 0.1) is 31.2 Å². The van der Waals surface area contributed by atoms with Crippen molar-refractivity contribution >= 4 is 72.6 Å². The Hall–Kier alpha value is -1.66. The molecule has 0 saturated carbocycles. The SMILES string of the molecule is O=C1[C@@H]2[C@@H](C(=O)N1c1cc(Cl)ccc1Cl)C1(Br)c3ccccc3C2(Br)c2ccccc21. The van der Waals surface area contributed by atoms with Crippen LogP contribution in [0.3, 0.4) is 0 Å². The van der Waals surface area contributed by atoms with E-state index < -0.39 is 20.5 Å². The maximum atomic E-state index is 13.9. The lowest BCUT2D eigenvalue weighted by Gasteiger charge is -2.55. The van der Waals surface area contributed by atoms with Gasteiger partial charge in [0.15, 0.2) is 0 Å². The number of rotatable bonds is 1. The van der Waals surface area contributed by atoms with Crippen LogP contribution >= 0.6 is 55.1 Å². The molecule has 0 N–H and O–H groups in total. The van der Waals surface area contributed by atoms with Crippen LogP contribution in [0, 0.1) is 11.8 Å². The van der Waals surface area contributed by atoms with E-state index in [1.165, 1.54) is 4.90 Å². The third-order valence-corrected chi connectivity index (χ3v) is 9.98. The summed E-state index contributed by atoms with van der Waals surface area (Å²) in [5.41, 5.74) is 4.29. The van der Waals surface area contributed by atoms with Gasteiger partial charge in [0.25, 0.3) is 0 Å². The number of carbonyl (C=O) groups is 2. The first-order valence-corrected chi connectivity index (χ1v) is 12.1. The molecule has 7 heteroatoms. The van der Waals surface area contributed by atoms with Crippen molar-refractivity contribution < 1.29 is 9.59 Å². The zero-order valence-electron chi connectivity index (χ0n) is 15.8. The molecule has 2 atom stereocenters. The summed E-state index contributed by atoms with van der Waals surface area (Å²) in [6.45, 7) is 0. The van der Waals surface area contributed by atoms with E-state index in [4.69, 9.17) is 23.2 Å². The summed E-state index contributed by atoms with van der Waals surface area (Å²) in [5.74, 6) is -1.86. The van der Waals surface area contributed by atoms with Crippen LogP contribution in [0.15, 0.2) is 66.7 Å². The predicted octanol–water partition coefficient (Wildman–Crippen LogP) is 6.40. The van der Waals surface area contributed by atoms with E-state index in [9.17, 15) is 9.59 Å². The molecular formula is C24H13Br2Cl2NO2. The Morgan fingerprint density at radius 2 is 1.13 bits per heavy atom. The Morgan fingerprint density at radius 3 is 1.55 bits per heavy atom. The minimum absolute atomic E-state index is 0.288. The van der Waals surface area contributed by atoms with Gasteiger partial charge < -0.3 is 0 Å². The van der Waals surface area contributed by atoms with E-state index in [0.29, 0.717) is 15.7 Å². The van der Waals surface area contributed by atoms with Gasteiger partial charge in [0, 0.05) is 5.02 Å². The summed E-state index contributed by atoms with van der Waals surface area (Å²) >= 11 is 20.6. The third kappa shape index (κ3) is 2.26. The molecule has 31 heavy (non-hydrogen) atoms. The van der Waals surface area contributed by atoms with Crippen LogP contribution in [-0.2, 0) is 18.2 Å². The molecular weight excluding hydrogens is 565 g/mol. The molecule has 2 amide bonds. The summed E-state index contributed by atoms with van der Waals surface area (Å²) in [5, 5.41) is 0.714. The fourth-order valence-corrected chi connectivity index (χ4v) is 8.23. The molecule has 4 aliphatic rings. The molecule has 1 fully saturated rings. The minimum Gasteiger partial charge on any atom is -0.274 e. The summed E-state index contributed by atoms with van der Waals surface area (Å²) < 4.78 is -1.65. The van der Waals surface area contributed by atoms with Crippen LogP contribution in [0.4, 0.5) is 5.69 Å². The topological polar surface area (TPSA) is 37.4 Å². The van der Waals surface area contributed by atoms with Gasteiger partial charge in [-0.1, -0.05) is 104 Å². The van der Waals surface area contributed by atoms with Crippen LogP contribution in [0.1, 0.15) is 22.3 Å². The number of anilines is 1. The lowest BCUT2D eigenvalue weighted by Crippen LogP contribution is -2.56. The summed E-state index contributed by atoms with van der Waals surface area (Å²) in [4.78, 5) is 29.1. The summed E-state index contributed by atoms with van der Waals surface area (Å²) in [6.07, 6.45) is 0. The van der Waals surface area contributed by atoms with Gasteiger partial charge in [0.1, 0.15) is 0 Å². The van der Waals surface area contributed by atoms with Crippen molar-refractivity contribution in [2.24, 2.45) is 11.8 Å². The number of benzene rings is 3. The van der Waals surface area contributed by atoms with Gasteiger partial charge in [-0.3, -0.25) is 9.59 Å². The lowest BCUT2D eigenvalue weighted by molar-refractivity contribution is -0.122. The molecule has 0 spiro atoms. The molecule has 3 nitrogen and oxygen atoms in total. The number of halogens is 4. The molecule has 154 valence electrons. The highest BCUT2D eigenvalue weighted by molar-refractivity contribution is 9.10. The van der Waals surface area contributed by atoms with E-state index in [1.54, 1.807) is 18.2 Å². The molecule has 7 rings (SSSR count). The fourth-order valence-electron chi connectivity index (χ4n) is 5.56. The van der Waals surface area contributed by atoms with E-state index >= 15 is 0 Å². The average molecular weight is 578 g/mol. The molecule has 0 unspecified atom stereocenters. The number of alkyl halides is 2. The van der Waals surface area contributed by atoms with Crippen LogP contribution in [-0.4, -0.2) is 11.8 Å². The lowest BCUT2D eigenvalue weighted by atomic mass is 9.54. The molecule has 3 aromatic carbocycles. The number of nitrogens with zero attached hydrogens (tertiary/aromatic N) is 1. The van der Waals surface area contributed by atoms with Gasteiger partial charge >= 0.3 is 0 Å². The minimum atomic E-state index is -0.826. The average Bonchev–Trinajstić information content (AvgIpc) is 3.05. The molecule has 1 heterocycles. The number of hydrogen-bond donors (Lipinski definition) is 0. The predicted molar refractivity (Wildman–Crippen MR) is 128 cm³/mol. The highest BCUT2D eigenvalue weighted by atomic mass is 79.9. The van der Waals surface area contributed by atoms with Crippen LogP contribution in [0.5, 0.6) is 0 Å². The molecule has 1 saturated heterocycles. The Kier molecular flexibility index (Phi) is 4.15. The Balaban J connectivity index is 1.67. The molecule has 3 aromatic rings. The van der Waals surface area contributed by atoms with Crippen LogP contribution in [0.25, 0.3) is 0 Å². The number of hydrogen-bond acceptors (Lipinski definition) is 2. The Morgan fingerprint density at radius 1 is 0.710 bits per heavy atom. The maximum Gasteiger partial charge on any atom is 0.239 e. The first kappa shape index (κ1) is 20.0. The van der Waals surface area contributed by atoms with Gasteiger partial charge in [-0.05, 0) is 40.5 Å². The summed E-state index contributed by atoms with van der Waals surface area (Å²) in [6, 6.07) is 20.8. The number of imide groups is 1. The zero-order valence-corrected chi connectivity index (χ0v) is 20.5. The van der Waals surface area contributed by atoms with Gasteiger partial charge in [-0.15, -0.1) is 0 Å². The third-order valence-electron chi connectivity index (χ3n) is 6.73. The highest BCUT2D eigenvalue weighted by Crippen LogP contribution is 2.71. The number of amides is 2. The molecule has 0 radical (unpaired) electrons. The highest BCUT2D eigenvalue weighted by Gasteiger charge is 2.72. The normalized spacial score (nSPS) is 30.3. The van der Waals surface area contributed by atoms with Crippen molar-refractivity contribution in [2.45, 2.75) is 8.65 Å². The van der Waals surface area contributed by atoms with Crippen molar-refractivity contribution in [3.8, 4) is 0 Å². The second-order valence-electron chi connectivity index (χ2n) is 8.08. The van der Waals surface area contributed by atoms with Crippen molar-refractivity contribution in [1.82, 2.24) is 0 Å². The largest absolute Gasteiger partial charge is 0.274 e. The van der Waals surface area contributed by atoms with Gasteiger partial charge in [-0.2, -0.15) is 0 Å². The maximum absolute atomic E-state index is 13.9. The Bertz CT molecular complexity index is 1200. The van der Waals surface area contributed by atoms with Crippen molar-refractivity contribution in [3.63, 3.8) is 0 Å². The van der Waals surface area contributed by atoms with Gasteiger partial charge in [0.2, 0.25) is 11.8 Å². The molecule has 3 aliphatic carbocycles. The standard InChI is InChI=1S/C24H13Br2Cl2NO2/c25-23-13-5-1-2-6-14(13)24(26,16-8-4-3-7-15(16)23)20-19(23)21(30)29(22(20)31)18-11-12(27)9-10-17(18)28/h1-11,19-20H/t19-,20-,23?,24?/m0/s1. The molecule has 0 aromatic heterocycles. The molecule has 1 aliphatic heterocycles. The van der Waals surface area contributed by atoms with Crippen LogP contribution in [0.2, 0.25) is 10.0 Å². The second kappa shape index (κ2) is 6.44. The first-order valence-electron chi connectivity index (χ1n) is 9.72. The fraction of sp³-hybridized carbons (Fsp3) is 0.167. The monoisotopic (exact) mass is 575 g/mol. The van der Waals surface area contributed by atoms with Crippen molar-refractivity contribution in [3.05, 3.63) is 99.0 Å². The zero-order chi connectivity index (χ0) is 21.7. The van der Waals surface area contributed by atoms with Crippen LogP contribution < -0.4 is 4.90 Å². The van der Waals surface area contributed by atoms with E-state index in [1.807, 2.05) is 48.5 Å². The number of carbonyl (C=O) groups excluding carboxylic acids is 2.